The first-order valence-corrected chi connectivity index (χ1v) is 12.5. The van der Waals surface area contributed by atoms with Gasteiger partial charge in [0.15, 0.2) is 0 Å². The van der Waals surface area contributed by atoms with Gasteiger partial charge in [-0.25, -0.2) is 4.98 Å². The summed E-state index contributed by atoms with van der Waals surface area (Å²) in [6.07, 6.45) is 10.0. The Hall–Kier alpha value is -3.95. The first-order valence-electron chi connectivity index (χ1n) is 11.7. The fraction of sp³-hybridized carbons (Fsp3) is 0.0645. The number of hydrogen-bond acceptors (Lipinski definition) is 2. The third-order valence-corrected chi connectivity index (χ3v) is 7.99. The molecule has 0 bridgehead atoms. The molecule has 0 fully saturated rings. The van der Waals surface area contributed by atoms with Crippen molar-refractivity contribution in [2.75, 3.05) is 0 Å². The van der Waals surface area contributed by atoms with Gasteiger partial charge in [0.2, 0.25) is 0 Å². The zero-order chi connectivity index (χ0) is 22.5. The number of nitrogens with zero attached hydrogens (tertiary/aromatic N) is 2. The molecule has 7 rings (SSSR count). The molecule has 34 heavy (non-hydrogen) atoms. The summed E-state index contributed by atoms with van der Waals surface area (Å²) in [4.78, 5) is 7.64. The minimum Gasteiger partial charge on any atom is -0.299 e. The minimum absolute atomic E-state index is 0.349. The average molecular weight is 455 g/mol. The van der Waals surface area contributed by atoms with Crippen LogP contribution in [-0.2, 0) is 0 Å². The van der Waals surface area contributed by atoms with Gasteiger partial charge < -0.3 is 0 Å². The van der Waals surface area contributed by atoms with E-state index in [9.17, 15) is 0 Å². The van der Waals surface area contributed by atoms with E-state index in [1.807, 2.05) is 11.3 Å². The first kappa shape index (κ1) is 19.5. The van der Waals surface area contributed by atoms with Gasteiger partial charge in [-0.05, 0) is 52.9 Å². The average Bonchev–Trinajstić information content (AvgIpc) is 3.54. The molecule has 162 valence electrons. The Morgan fingerprint density at radius 3 is 2.26 bits per heavy atom. The molecule has 0 radical (unpaired) electrons. The SMILES string of the molecule is C1=CCC2C(c3ccccc3)=Cn3c(nc4ccc(-c5ccc(-c6ccccc6)s5)cc43)C2=C1. The quantitative estimate of drug-likeness (QED) is 0.268. The molecule has 0 N–H and O–H groups in total. The molecule has 5 aromatic rings. The summed E-state index contributed by atoms with van der Waals surface area (Å²) >= 11 is 1.84. The molecular weight excluding hydrogens is 432 g/mol. The van der Waals surface area contributed by atoms with E-state index in [1.54, 1.807) is 0 Å². The van der Waals surface area contributed by atoms with Crippen LogP contribution >= 0.6 is 11.3 Å². The lowest BCUT2D eigenvalue weighted by atomic mass is 9.80. The van der Waals surface area contributed by atoms with Crippen LogP contribution in [0.4, 0.5) is 0 Å². The van der Waals surface area contributed by atoms with Crippen LogP contribution in [0.1, 0.15) is 17.8 Å². The van der Waals surface area contributed by atoms with Gasteiger partial charge in [-0.1, -0.05) is 85.0 Å². The molecule has 3 heteroatoms. The number of benzene rings is 3. The Kier molecular flexibility index (Phi) is 4.49. The van der Waals surface area contributed by atoms with E-state index in [0.29, 0.717) is 5.92 Å². The van der Waals surface area contributed by atoms with Crippen molar-refractivity contribution in [3.63, 3.8) is 0 Å². The molecule has 0 spiro atoms. The van der Waals surface area contributed by atoms with Gasteiger partial charge >= 0.3 is 0 Å². The van der Waals surface area contributed by atoms with Crippen LogP contribution in [0.25, 0.3) is 49.3 Å². The predicted molar refractivity (Wildman–Crippen MR) is 144 cm³/mol. The lowest BCUT2D eigenvalue weighted by Crippen LogP contribution is -2.16. The highest BCUT2D eigenvalue weighted by Crippen LogP contribution is 2.45. The number of rotatable bonds is 3. The smallest absolute Gasteiger partial charge is 0.141 e. The highest BCUT2D eigenvalue weighted by molar-refractivity contribution is 7.18. The Morgan fingerprint density at radius 2 is 1.47 bits per heavy atom. The molecule has 0 saturated heterocycles. The van der Waals surface area contributed by atoms with Crippen molar-refractivity contribution in [2.45, 2.75) is 6.42 Å². The van der Waals surface area contributed by atoms with Crippen LogP contribution in [-0.4, -0.2) is 9.55 Å². The molecule has 0 saturated carbocycles. The van der Waals surface area contributed by atoms with Gasteiger partial charge in [-0.15, -0.1) is 11.3 Å². The van der Waals surface area contributed by atoms with E-state index in [-0.39, 0.29) is 0 Å². The van der Waals surface area contributed by atoms with E-state index in [2.05, 4.69) is 120 Å². The van der Waals surface area contributed by atoms with Crippen LogP contribution < -0.4 is 0 Å². The highest BCUT2D eigenvalue weighted by atomic mass is 32.1. The molecule has 0 amide bonds. The van der Waals surface area contributed by atoms with Crippen molar-refractivity contribution >= 4 is 39.7 Å². The largest absolute Gasteiger partial charge is 0.299 e. The van der Waals surface area contributed by atoms with Gasteiger partial charge in [-0.3, -0.25) is 4.57 Å². The zero-order valence-corrected chi connectivity index (χ0v) is 19.4. The van der Waals surface area contributed by atoms with E-state index in [0.717, 1.165) is 23.3 Å². The molecule has 1 aliphatic heterocycles. The molecule has 3 aromatic carbocycles. The number of fused-ring (bicyclic) bond motifs is 5. The second-order valence-electron chi connectivity index (χ2n) is 8.83. The van der Waals surface area contributed by atoms with Crippen molar-refractivity contribution in [2.24, 2.45) is 5.92 Å². The summed E-state index contributed by atoms with van der Waals surface area (Å²) in [5.41, 5.74) is 8.64. The standard InChI is InChI=1S/C31H22N2S/c1-3-9-21(10-4-1)26-20-33-28-19-23(30-18-17-29(34-30)22-11-5-2-6-12-22)15-16-27(28)32-31(33)25-14-8-7-13-24(25)26/h1-12,14-20,24H,13H2. The maximum absolute atomic E-state index is 5.07. The van der Waals surface area contributed by atoms with Crippen molar-refractivity contribution < 1.29 is 0 Å². The topological polar surface area (TPSA) is 17.8 Å². The van der Waals surface area contributed by atoms with Crippen LogP contribution in [0.2, 0.25) is 0 Å². The first-order chi connectivity index (χ1) is 16.8. The lowest BCUT2D eigenvalue weighted by molar-refractivity contribution is 0.831. The minimum atomic E-state index is 0.349. The summed E-state index contributed by atoms with van der Waals surface area (Å²) < 4.78 is 2.30. The Bertz CT molecular complexity index is 1610. The van der Waals surface area contributed by atoms with Gasteiger partial charge in [-0.2, -0.15) is 0 Å². The molecule has 2 aromatic heterocycles. The molecular formula is C31H22N2S. The Morgan fingerprint density at radius 1 is 0.735 bits per heavy atom. The molecule has 3 heterocycles. The maximum atomic E-state index is 5.07. The Labute approximate surface area is 202 Å². The van der Waals surface area contributed by atoms with E-state index < -0.39 is 0 Å². The van der Waals surface area contributed by atoms with Crippen LogP contribution in [0.5, 0.6) is 0 Å². The summed E-state index contributed by atoms with van der Waals surface area (Å²) in [7, 11) is 0. The number of aromatic nitrogens is 2. The fourth-order valence-corrected chi connectivity index (χ4v) is 6.13. The number of hydrogen-bond donors (Lipinski definition) is 0. The van der Waals surface area contributed by atoms with Crippen LogP contribution in [0.3, 0.4) is 0 Å². The number of allylic oxidation sites excluding steroid dienone is 5. The molecule has 1 aliphatic carbocycles. The van der Waals surface area contributed by atoms with E-state index in [4.69, 9.17) is 4.98 Å². The number of thiophene rings is 1. The monoisotopic (exact) mass is 454 g/mol. The second-order valence-corrected chi connectivity index (χ2v) is 9.91. The summed E-state index contributed by atoms with van der Waals surface area (Å²) in [6.45, 7) is 0. The summed E-state index contributed by atoms with van der Waals surface area (Å²) in [6, 6.07) is 32.5. The lowest BCUT2D eigenvalue weighted by Gasteiger charge is -2.29. The van der Waals surface area contributed by atoms with Crippen LogP contribution in [0, 0.1) is 5.92 Å². The van der Waals surface area contributed by atoms with Gasteiger partial charge in [0, 0.05) is 27.4 Å². The fourth-order valence-electron chi connectivity index (χ4n) is 5.12. The Balaban J connectivity index is 1.38. The predicted octanol–water partition coefficient (Wildman–Crippen LogP) is 8.40. The zero-order valence-electron chi connectivity index (χ0n) is 18.6. The van der Waals surface area contributed by atoms with Crippen LogP contribution in [0.15, 0.2) is 109 Å². The van der Waals surface area contributed by atoms with E-state index in [1.165, 1.54) is 37.6 Å². The van der Waals surface area contributed by atoms with E-state index >= 15 is 0 Å². The van der Waals surface area contributed by atoms with Crippen molar-refractivity contribution in [1.29, 1.82) is 0 Å². The normalized spacial score (nSPS) is 16.6. The molecule has 1 atom stereocenters. The van der Waals surface area contributed by atoms with Gasteiger partial charge in [0.25, 0.3) is 0 Å². The third-order valence-electron chi connectivity index (χ3n) is 6.81. The molecule has 2 nitrogen and oxygen atoms in total. The van der Waals surface area contributed by atoms with Crippen molar-refractivity contribution in [3.05, 3.63) is 121 Å². The number of imidazole rings is 1. The highest BCUT2D eigenvalue weighted by Gasteiger charge is 2.30. The second kappa shape index (κ2) is 7.82. The molecule has 1 unspecified atom stereocenters. The van der Waals surface area contributed by atoms with Gasteiger partial charge in [0.05, 0.1) is 11.0 Å². The van der Waals surface area contributed by atoms with Crippen molar-refractivity contribution in [3.8, 4) is 20.9 Å². The van der Waals surface area contributed by atoms with Gasteiger partial charge in [0.1, 0.15) is 5.82 Å². The third kappa shape index (κ3) is 3.12. The summed E-state index contributed by atoms with van der Waals surface area (Å²) in [5, 5.41) is 0. The maximum Gasteiger partial charge on any atom is 0.141 e. The molecule has 2 aliphatic rings. The summed E-state index contributed by atoms with van der Waals surface area (Å²) in [5.74, 6) is 1.42. The van der Waals surface area contributed by atoms with Crippen molar-refractivity contribution in [1.82, 2.24) is 9.55 Å².